The van der Waals surface area contributed by atoms with Gasteiger partial charge in [-0.15, -0.1) is 0 Å². The summed E-state index contributed by atoms with van der Waals surface area (Å²) in [6.07, 6.45) is 7.11. The third-order valence-electron chi connectivity index (χ3n) is 5.88. The summed E-state index contributed by atoms with van der Waals surface area (Å²) in [5.41, 5.74) is -0.369. The predicted octanol–water partition coefficient (Wildman–Crippen LogP) is 2.50. The van der Waals surface area contributed by atoms with Crippen molar-refractivity contribution in [1.82, 2.24) is 9.80 Å². The van der Waals surface area contributed by atoms with E-state index in [1.807, 2.05) is 0 Å². The highest BCUT2D eigenvalue weighted by Gasteiger charge is 2.24. The molecular weight excluding hydrogens is 360 g/mol. The highest BCUT2D eigenvalue weighted by molar-refractivity contribution is 5.69. The molecule has 0 spiro atoms. The van der Waals surface area contributed by atoms with Crippen LogP contribution in [-0.2, 0) is 22.6 Å². The Balaban J connectivity index is 1.60. The number of rotatable bonds is 6. The van der Waals surface area contributed by atoms with Gasteiger partial charge in [-0.3, -0.25) is 19.4 Å². The molecule has 2 aliphatic heterocycles. The number of ether oxygens (including phenoxy) is 1. The van der Waals surface area contributed by atoms with Crippen molar-refractivity contribution in [2.45, 2.75) is 58.0 Å². The van der Waals surface area contributed by atoms with Crippen molar-refractivity contribution in [3.63, 3.8) is 0 Å². The van der Waals surface area contributed by atoms with Gasteiger partial charge in [-0.1, -0.05) is 12.8 Å². The van der Waals surface area contributed by atoms with Crippen LogP contribution in [0, 0.1) is 5.92 Å². The summed E-state index contributed by atoms with van der Waals surface area (Å²) in [5.74, 6) is 0.863. The molecule has 0 unspecified atom stereocenters. The lowest BCUT2D eigenvalue weighted by Crippen LogP contribution is -2.34. The molecule has 28 heavy (non-hydrogen) atoms. The van der Waals surface area contributed by atoms with E-state index in [2.05, 4.69) is 9.80 Å². The molecule has 0 radical (unpaired) electrons. The van der Waals surface area contributed by atoms with Crippen LogP contribution in [0.3, 0.4) is 0 Å². The standard InChI is InChI=1S/C21H32N2O5/c1-27-20(25)12-16-6-10-23(11-7-16)15-19-21(26)18(24)13-17(28-19)14-22-8-4-2-3-5-9-22/h13,16,26H,2-12,14-15H2,1H3. The number of carbonyl (C=O) groups excluding carboxylic acids is 1. The van der Waals surface area contributed by atoms with E-state index in [1.165, 1.54) is 38.9 Å². The summed E-state index contributed by atoms with van der Waals surface area (Å²) in [4.78, 5) is 28.1. The second-order valence-electron chi connectivity index (χ2n) is 8.04. The Kier molecular flexibility index (Phi) is 7.50. The number of hydrogen-bond acceptors (Lipinski definition) is 7. The lowest BCUT2D eigenvalue weighted by molar-refractivity contribution is -0.142. The molecule has 3 rings (SSSR count). The normalized spacial score (nSPS) is 20.0. The summed E-state index contributed by atoms with van der Waals surface area (Å²) in [7, 11) is 1.42. The van der Waals surface area contributed by atoms with Gasteiger partial charge in [0.2, 0.25) is 11.2 Å². The highest BCUT2D eigenvalue weighted by atomic mass is 16.5. The topological polar surface area (TPSA) is 83.2 Å². The number of piperidine rings is 1. The lowest BCUT2D eigenvalue weighted by atomic mass is 9.93. The van der Waals surface area contributed by atoms with E-state index in [1.54, 1.807) is 0 Å². The number of carbonyl (C=O) groups is 1. The maximum absolute atomic E-state index is 12.2. The van der Waals surface area contributed by atoms with E-state index >= 15 is 0 Å². The van der Waals surface area contributed by atoms with Gasteiger partial charge >= 0.3 is 5.97 Å². The van der Waals surface area contributed by atoms with Crippen LogP contribution in [0.25, 0.3) is 0 Å². The molecular formula is C21H32N2O5. The summed E-state index contributed by atoms with van der Waals surface area (Å²) >= 11 is 0. The minimum Gasteiger partial charge on any atom is -0.502 e. The zero-order valence-electron chi connectivity index (χ0n) is 16.8. The average molecular weight is 392 g/mol. The summed E-state index contributed by atoms with van der Waals surface area (Å²) in [6, 6.07) is 1.42. The van der Waals surface area contributed by atoms with E-state index in [0.717, 1.165) is 39.0 Å². The van der Waals surface area contributed by atoms with Gasteiger partial charge in [-0.2, -0.15) is 0 Å². The average Bonchev–Trinajstić information content (AvgIpc) is 2.95. The van der Waals surface area contributed by atoms with Gasteiger partial charge in [0.1, 0.15) is 5.76 Å². The van der Waals surface area contributed by atoms with Crippen LogP contribution in [0.1, 0.15) is 56.5 Å². The van der Waals surface area contributed by atoms with Crippen molar-refractivity contribution in [2.24, 2.45) is 5.92 Å². The van der Waals surface area contributed by atoms with Gasteiger partial charge in [0.25, 0.3) is 0 Å². The first-order chi connectivity index (χ1) is 13.5. The minimum absolute atomic E-state index is 0.164. The zero-order chi connectivity index (χ0) is 19.9. The van der Waals surface area contributed by atoms with Gasteiger partial charge in [0.15, 0.2) is 5.76 Å². The molecule has 1 aromatic rings. The van der Waals surface area contributed by atoms with Gasteiger partial charge in [-0.05, 0) is 57.8 Å². The third kappa shape index (κ3) is 5.82. The number of likely N-dealkylation sites (tertiary alicyclic amines) is 2. The molecule has 156 valence electrons. The lowest BCUT2D eigenvalue weighted by Gasteiger charge is -2.31. The number of nitrogens with zero attached hydrogens (tertiary/aromatic N) is 2. The van der Waals surface area contributed by atoms with Crippen molar-refractivity contribution in [1.29, 1.82) is 0 Å². The van der Waals surface area contributed by atoms with Gasteiger partial charge in [0.05, 0.1) is 20.2 Å². The Bertz CT molecular complexity index is 701. The Labute approximate surface area is 166 Å². The summed E-state index contributed by atoms with van der Waals surface area (Å²) < 4.78 is 10.7. The van der Waals surface area contributed by atoms with Crippen molar-refractivity contribution in [3.05, 3.63) is 27.8 Å². The minimum atomic E-state index is -0.369. The molecule has 0 atom stereocenters. The molecule has 2 aliphatic rings. The van der Waals surface area contributed by atoms with E-state index in [0.29, 0.717) is 36.9 Å². The molecule has 2 saturated heterocycles. The fourth-order valence-electron chi connectivity index (χ4n) is 4.16. The second kappa shape index (κ2) is 10.1. The Morgan fingerprint density at radius 2 is 1.75 bits per heavy atom. The smallest absolute Gasteiger partial charge is 0.305 e. The summed E-state index contributed by atoms with van der Waals surface area (Å²) in [5, 5.41) is 10.2. The molecule has 0 aliphatic carbocycles. The SMILES string of the molecule is COC(=O)CC1CCN(Cc2oc(CN3CCCCCC3)cc(=O)c2O)CC1. The zero-order valence-corrected chi connectivity index (χ0v) is 16.8. The number of aromatic hydroxyl groups is 1. The molecule has 0 bridgehead atoms. The first-order valence-corrected chi connectivity index (χ1v) is 10.4. The number of esters is 1. The maximum Gasteiger partial charge on any atom is 0.305 e. The Morgan fingerprint density at radius 1 is 1.11 bits per heavy atom. The van der Waals surface area contributed by atoms with Crippen LogP contribution in [-0.4, -0.2) is 54.2 Å². The third-order valence-corrected chi connectivity index (χ3v) is 5.88. The van der Waals surface area contributed by atoms with Crippen LogP contribution in [0.2, 0.25) is 0 Å². The highest BCUT2D eigenvalue weighted by Crippen LogP contribution is 2.24. The second-order valence-corrected chi connectivity index (χ2v) is 8.04. The van der Waals surface area contributed by atoms with Crippen LogP contribution in [0.15, 0.2) is 15.3 Å². The molecule has 2 fully saturated rings. The molecule has 0 aromatic carbocycles. The molecule has 1 aromatic heterocycles. The molecule has 7 nitrogen and oxygen atoms in total. The molecule has 0 amide bonds. The van der Waals surface area contributed by atoms with E-state index in [9.17, 15) is 14.7 Å². The van der Waals surface area contributed by atoms with Crippen molar-refractivity contribution in [2.75, 3.05) is 33.3 Å². The van der Waals surface area contributed by atoms with Gasteiger partial charge < -0.3 is 14.3 Å². The van der Waals surface area contributed by atoms with Gasteiger partial charge in [0, 0.05) is 12.5 Å². The maximum atomic E-state index is 12.2. The molecule has 7 heteroatoms. The monoisotopic (exact) mass is 392 g/mol. The molecule has 0 saturated carbocycles. The quantitative estimate of drug-likeness (QED) is 0.745. The first-order valence-electron chi connectivity index (χ1n) is 10.4. The van der Waals surface area contributed by atoms with Crippen LogP contribution in [0.5, 0.6) is 5.75 Å². The van der Waals surface area contributed by atoms with Crippen molar-refractivity contribution >= 4 is 5.97 Å². The van der Waals surface area contributed by atoms with Crippen LogP contribution >= 0.6 is 0 Å². The number of hydrogen-bond donors (Lipinski definition) is 1. The van der Waals surface area contributed by atoms with Gasteiger partial charge in [-0.25, -0.2) is 0 Å². The fraction of sp³-hybridized carbons (Fsp3) is 0.714. The predicted molar refractivity (Wildman–Crippen MR) is 105 cm³/mol. The number of methoxy groups -OCH3 is 1. The van der Waals surface area contributed by atoms with Crippen LogP contribution < -0.4 is 5.43 Å². The molecule has 3 heterocycles. The van der Waals surface area contributed by atoms with E-state index in [4.69, 9.17) is 9.15 Å². The van der Waals surface area contributed by atoms with Crippen molar-refractivity contribution < 1.29 is 19.1 Å². The van der Waals surface area contributed by atoms with E-state index < -0.39 is 0 Å². The Morgan fingerprint density at radius 3 is 2.39 bits per heavy atom. The first kappa shape index (κ1) is 20.9. The largest absolute Gasteiger partial charge is 0.502 e. The fourth-order valence-corrected chi connectivity index (χ4v) is 4.16. The van der Waals surface area contributed by atoms with Crippen LogP contribution in [0.4, 0.5) is 0 Å². The Hall–Kier alpha value is -1.86. The molecule has 1 N–H and O–H groups in total. The van der Waals surface area contributed by atoms with Crippen molar-refractivity contribution in [3.8, 4) is 5.75 Å². The van der Waals surface area contributed by atoms with E-state index in [-0.39, 0.29) is 17.1 Å². The summed E-state index contributed by atoms with van der Waals surface area (Å²) in [6.45, 7) is 4.69.